The lowest BCUT2D eigenvalue weighted by Gasteiger charge is -2.12. The van der Waals surface area contributed by atoms with Crippen molar-refractivity contribution in [3.8, 4) is 0 Å². The molecule has 2 N–H and O–H groups in total. The first kappa shape index (κ1) is 11.4. The minimum Gasteiger partial charge on any atom is -0.481 e. The molecule has 6 nitrogen and oxygen atoms in total. The quantitative estimate of drug-likeness (QED) is 0.567. The number of hydrogen-bond acceptors (Lipinski definition) is 3. The summed E-state index contributed by atoms with van der Waals surface area (Å²) in [6.07, 6.45) is -0.516. The second-order valence-corrected chi connectivity index (χ2v) is 2.72. The Bertz CT molecular complexity index is 221. The molecule has 0 aromatic heterocycles. The van der Waals surface area contributed by atoms with Crippen LogP contribution in [0.15, 0.2) is 0 Å². The molecule has 1 amide bonds. The van der Waals surface area contributed by atoms with Crippen LogP contribution < -0.4 is 0 Å². The molecule has 0 aromatic rings. The number of amides is 1. The standard InChI is InChI=1S/C7H11NO5/c1-8(2)5(9)3-4(6(10)11)7(12)13/h4H,3H2,1-2H3,(H,10,11)(H,12,13). The third-order valence-corrected chi connectivity index (χ3v) is 1.47. The Morgan fingerprint density at radius 3 is 1.77 bits per heavy atom. The monoisotopic (exact) mass is 189 g/mol. The summed E-state index contributed by atoms with van der Waals surface area (Å²) < 4.78 is 0. The highest BCUT2D eigenvalue weighted by Gasteiger charge is 2.28. The second-order valence-electron chi connectivity index (χ2n) is 2.72. The molecule has 6 heteroatoms. The van der Waals surface area contributed by atoms with Crippen LogP contribution in [0.4, 0.5) is 0 Å². The highest BCUT2D eigenvalue weighted by atomic mass is 16.4. The Morgan fingerprint density at radius 1 is 1.15 bits per heavy atom. The van der Waals surface area contributed by atoms with E-state index in [9.17, 15) is 14.4 Å². The fourth-order valence-electron chi connectivity index (χ4n) is 0.637. The summed E-state index contributed by atoms with van der Waals surface area (Å²) in [6.45, 7) is 0. The van der Waals surface area contributed by atoms with Crippen molar-refractivity contribution in [2.75, 3.05) is 14.1 Å². The van der Waals surface area contributed by atoms with Crippen molar-refractivity contribution < 1.29 is 24.6 Å². The Kier molecular flexibility index (Phi) is 3.90. The third kappa shape index (κ3) is 3.55. The Labute approximate surface area is 74.8 Å². The first-order valence-corrected chi connectivity index (χ1v) is 3.52. The van der Waals surface area contributed by atoms with E-state index in [1.165, 1.54) is 14.1 Å². The van der Waals surface area contributed by atoms with Gasteiger partial charge in [0.2, 0.25) is 5.91 Å². The van der Waals surface area contributed by atoms with Crippen LogP contribution in [0.3, 0.4) is 0 Å². The van der Waals surface area contributed by atoms with Gasteiger partial charge in [0.25, 0.3) is 0 Å². The van der Waals surface area contributed by atoms with Crippen LogP contribution >= 0.6 is 0 Å². The van der Waals surface area contributed by atoms with Crippen LogP contribution in [0.25, 0.3) is 0 Å². The molecule has 0 saturated heterocycles. The number of nitrogens with zero attached hydrogens (tertiary/aromatic N) is 1. The molecule has 13 heavy (non-hydrogen) atoms. The number of carboxylic acid groups (broad SMARTS) is 2. The molecule has 74 valence electrons. The molecule has 0 heterocycles. The molecular weight excluding hydrogens is 178 g/mol. The molecule has 0 spiro atoms. The van der Waals surface area contributed by atoms with Gasteiger partial charge in [-0.05, 0) is 0 Å². The lowest BCUT2D eigenvalue weighted by Crippen LogP contribution is -2.31. The molecular formula is C7H11NO5. The van der Waals surface area contributed by atoms with Crippen molar-refractivity contribution >= 4 is 17.8 Å². The van der Waals surface area contributed by atoms with E-state index in [0.29, 0.717) is 0 Å². The van der Waals surface area contributed by atoms with Gasteiger partial charge in [-0.1, -0.05) is 0 Å². The van der Waals surface area contributed by atoms with Gasteiger partial charge in [-0.2, -0.15) is 0 Å². The van der Waals surface area contributed by atoms with E-state index in [1.807, 2.05) is 0 Å². The lowest BCUT2D eigenvalue weighted by atomic mass is 10.1. The summed E-state index contributed by atoms with van der Waals surface area (Å²) in [7, 11) is 2.87. The van der Waals surface area contributed by atoms with Gasteiger partial charge in [0, 0.05) is 14.1 Å². The molecule has 0 saturated carbocycles. The zero-order valence-electron chi connectivity index (χ0n) is 7.35. The van der Waals surface area contributed by atoms with Gasteiger partial charge in [0.15, 0.2) is 5.92 Å². The number of carboxylic acids is 2. The van der Waals surface area contributed by atoms with Gasteiger partial charge in [-0.15, -0.1) is 0 Å². The van der Waals surface area contributed by atoms with Crippen LogP contribution in [0, 0.1) is 5.92 Å². The number of carbonyl (C=O) groups excluding carboxylic acids is 1. The van der Waals surface area contributed by atoms with Crippen LogP contribution in [-0.4, -0.2) is 47.1 Å². The Hall–Kier alpha value is -1.59. The molecule has 0 unspecified atom stereocenters. The van der Waals surface area contributed by atoms with E-state index < -0.39 is 30.2 Å². The van der Waals surface area contributed by atoms with Gasteiger partial charge in [-0.3, -0.25) is 14.4 Å². The summed E-state index contributed by atoms with van der Waals surface area (Å²) in [4.78, 5) is 32.8. The minimum absolute atomic E-state index is 0.516. The van der Waals surface area contributed by atoms with Crippen molar-refractivity contribution in [3.63, 3.8) is 0 Å². The molecule has 0 rings (SSSR count). The van der Waals surface area contributed by atoms with Crippen molar-refractivity contribution in [1.29, 1.82) is 0 Å². The number of aliphatic carboxylic acids is 2. The average molecular weight is 189 g/mol. The van der Waals surface area contributed by atoms with E-state index in [4.69, 9.17) is 10.2 Å². The summed E-state index contributed by atoms with van der Waals surface area (Å²) >= 11 is 0. The van der Waals surface area contributed by atoms with E-state index in [1.54, 1.807) is 0 Å². The van der Waals surface area contributed by atoms with Gasteiger partial charge < -0.3 is 15.1 Å². The SMILES string of the molecule is CN(C)C(=O)CC(C(=O)O)C(=O)O. The van der Waals surface area contributed by atoms with E-state index in [0.717, 1.165) is 4.90 Å². The maximum atomic E-state index is 11.0. The van der Waals surface area contributed by atoms with Gasteiger partial charge in [0.1, 0.15) is 0 Å². The number of rotatable bonds is 4. The number of carbonyl (C=O) groups is 3. The predicted molar refractivity (Wildman–Crippen MR) is 42.1 cm³/mol. The first-order chi connectivity index (χ1) is 5.86. The van der Waals surface area contributed by atoms with Crippen molar-refractivity contribution in [1.82, 2.24) is 4.90 Å². The molecule has 0 aliphatic rings. The highest BCUT2D eigenvalue weighted by molar-refractivity contribution is 5.97. The Balaban J connectivity index is 4.36. The van der Waals surface area contributed by atoms with Crippen LogP contribution in [0.5, 0.6) is 0 Å². The second kappa shape index (κ2) is 4.44. The zero-order valence-corrected chi connectivity index (χ0v) is 7.35. The molecule has 0 aliphatic carbocycles. The largest absolute Gasteiger partial charge is 0.481 e. The summed E-state index contributed by atoms with van der Waals surface area (Å²) in [6, 6.07) is 0. The zero-order chi connectivity index (χ0) is 10.6. The molecule has 0 bridgehead atoms. The van der Waals surface area contributed by atoms with Crippen molar-refractivity contribution in [2.24, 2.45) is 5.92 Å². The molecule has 0 aromatic carbocycles. The number of hydrogen-bond donors (Lipinski definition) is 2. The van der Waals surface area contributed by atoms with Crippen LogP contribution in [0.2, 0.25) is 0 Å². The van der Waals surface area contributed by atoms with Crippen molar-refractivity contribution in [3.05, 3.63) is 0 Å². The predicted octanol–water partition coefficient (Wildman–Crippen LogP) is -0.750. The minimum atomic E-state index is -1.66. The van der Waals surface area contributed by atoms with Crippen LogP contribution in [-0.2, 0) is 14.4 Å². The third-order valence-electron chi connectivity index (χ3n) is 1.47. The van der Waals surface area contributed by atoms with Crippen LogP contribution in [0.1, 0.15) is 6.42 Å². The fraction of sp³-hybridized carbons (Fsp3) is 0.571. The molecule has 0 atom stereocenters. The Morgan fingerprint density at radius 2 is 1.54 bits per heavy atom. The maximum absolute atomic E-state index is 11.0. The van der Waals surface area contributed by atoms with E-state index in [-0.39, 0.29) is 0 Å². The van der Waals surface area contributed by atoms with Gasteiger partial charge >= 0.3 is 11.9 Å². The molecule has 0 aliphatic heterocycles. The lowest BCUT2D eigenvalue weighted by molar-refractivity contribution is -0.157. The van der Waals surface area contributed by atoms with Gasteiger partial charge in [0.05, 0.1) is 6.42 Å². The normalized spacial score (nSPS) is 9.77. The van der Waals surface area contributed by atoms with E-state index >= 15 is 0 Å². The molecule has 0 fully saturated rings. The summed E-state index contributed by atoms with van der Waals surface area (Å²) in [5.41, 5.74) is 0. The van der Waals surface area contributed by atoms with Crippen molar-refractivity contribution in [2.45, 2.75) is 6.42 Å². The summed E-state index contributed by atoms with van der Waals surface area (Å²) in [5, 5.41) is 16.8. The van der Waals surface area contributed by atoms with Gasteiger partial charge in [-0.25, -0.2) is 0 Å². The maximum Gasteiger partial charge on any atom is 0.318 e. The topological polar surface area (TPSA) is 94.9 Å². The fourth-order valence-corrected chi connectivity index (χ4v) is 0.637. The molecule has 0 radical (unpaired) electrons. The summed E-state index contributed by atoms with van der Waals surface area (Å²) in [5.74, 6) is -5.17. The smallest absolute Gasteiger partial charge is 0.318 e. The van der Waals surface area contributed by atoms with E-state index in [2.05, 4.69) is 0 Å². The first-order valence-electron chi connectivity index (χ1n) is 3.52. The highest BCUT2D eigenvalue weighted by Crippen LogP contribution is 2.05. The average Bonchev–Trinajstić information content (AvgIpc) is 1.97.